The molecule has 2 heteroatoms. The maximum Gasteiger partial charge on any atom is 0.0369 e. The largest absolute Gasteiger partial charge is 0.372 e. The average Bonchev–Trinajstić information content (AvgIpc) is 3.19. The molecule has 0 bridgehead atoms. The van der Waals surface area contributed by atoms with Crippen LogP contribution in [0.5, 0.6) is 0 Å². The number of hydrogen-bond donors (Lipinski definition) is 0. The van der Waals surface area contributed by atoms with Crippen molar-refractivity contribution in [1.29, 1.82) is 0 Å². The van der Waals surface area contributed by atoms with Crippen molar-refractivity contribution in [2.75, 3.05) is 31.1 Å². The Hall–Kier alpha value is -1.80. The van der Waals surface area contributed by atoms with Crippen LogP contribution in [-0.4, -0.2) is 31.1 Å². The Balaban J connectivity index is 1.31. The Bertz CT molecular complexity index is 727. The topological polar surface area (TPSA) is 6.48 Å². The van der Waals surface area contributed by atoms with Gasteiger partial charge in [-0.05, 0) is 79.8 Å². The van der Waals surface area contributed by atoms with E-state index in [1.165, 1.54) is 62.1 Å². The van der Waals surface area contributed by atoms with Gasteiger partial charge in [0.2, 0.25) is 0 Å². The van der Waals surface area contributed by atoms with Gasteiger partial charge in [0, 0.05) is 31.9 Å². The Labute approximate surface area is 165 Å². The summed E-state index contributed by atoms with van der Waals surface area (Å²) in [6.45, 7) is 10.5. The zero-order chi connectivity index (χ0) is 18.6. The summed E-state index contributed by atoms with van der Waals surface area (Å²) in [7, 11) is 0. The summed E-state index contributed by atoms with van der Waals surface area (Å²) < 4.78 is 0. The highest BCUT2D eigenvalue weighted by Gasteiger charge is 2.32. The first kappa shape index (κ1) is 18.6. The molecular formula is C25H34N2. The molecule has 0 amide bonds. The summed E-state index contributed by atoms with van der Waals surface area (Å²) in [4.78, 5) is 5.16. The lowest BCUT2D eigenvalue weighted by Crippen LogP contribution is -2.35. The monoisotopic (exact) mass is 362 g/mol. The number of rotatable bonds is 7. The minimum Gasteiger partial charge on any atom is -0.372 e. The van der Waals surface area contributed by atoms with Crippen LogP contribution in [0.1, 0.15) is 55.2 Å². The summed E-state index contributed by atoms with van der Waals surface area (Å²) in [6, 6.07) is 18.1. The standard InChI is InChI=1S/C25H34N2/c1-3-26(18-21-9-5-4-6-10-21)19-22-16-23(17-22)25-12-11-24(15-20(25)2)27-13-7-8-14-27/h4-6,9-12,15,22-23H,3,7-8,13-14,16-19H2,1-2H3. The van der Waals surface area contributed by atoms with Gasteiger partial charge in [0.15, 0.2) is 0 Å². The highest BCUT2D eigenvalue weighted by molar-refractivity contribution is 5.52. The first-order chi connectivity index (χ1) is 13.2. The third-order valence-corrected chi connectivity index (χ3v) is 6.61. The molecule has 0 radical (unpaired) electrons. The lowest BCUT2D eigenvalue weighted by atomic mass is 9.70. The van der Waals surface area contributed by atoms with E-state index in [1.54, 1.807) is 5.56 Å². The first-order valence-corrected chi connectivity index (χ1v) is 10.8. The van der Waals surface area contributed by atoms with Crippen LogP contribution in [0, 0.1) is 12.8 Å². The summed E-state index contributed by atoms with van der Waals surface area (Å²) in [5.74, 6) is 1.63. The van der Waals surface area contributed by atoms with Crippen LogP contribution in [0.15, 0.2) is 48.5 Å². The third-order valence-electron chi connectivity index (χ3n) is 6.61. The number of anilines is 1. The Morgan fingerprint density at radius 1 is 1.00 bits per heavy atom. The fraction of sp³-hybridized carbons (Fsp3) is 0.520. The van der Waals surface area contributed by atoms with Gasteiger partial charge < -0.3 is 4.90 Å². The molecule has 1 aliphatic heterocycles. The minimum absolute atomic E-state index is 0.776. The molecule has 2 fully saturated rings. The van der Waals surface area contributed by atoms with Crippen molar-refractivity contribution in [2.24, 2.45) is 5.92 Å². The molecule has 0 aromatic heterocycles. The van der Waals surface area contributed by atoms with Crippen LogP contribution >= 0.6 is 0 Å². The van der Waals surface area contributed by atoms with Crippen molar-refractivity contribution >= 4 is 5.69 Å². The molecule has 2 nitrogen and oxygen atoms in total. The van der Waals surface area contributed by atoms with E-state index in [0.717, 1.165) is 24.9 Å². The van der Waals surface area contributed by atoms with E-state index >= 15 is 0 Å². The van der Waals surface area contributed by atoms with Crippen molar-refractivity contribution in [3.8, 4) is 0 Å². The Morgan fingerprint density at radius 3 is 2.41 bits per heavy atom. The maximum atomic E-state index is 2.61. The normalized spacial score (nSPS) is 22.3. The van der Waals surface area contributed by atoms with Crippen molar-refractivity contribution in [1.82, 2.24) is 4.90 Å². The lowest BCUT2D eigenvalue weighted by Gasteiger charge is -2.39. The molecule has 4 rings (SSSR count). The van der Waals surface area contributed by atoms with Crippen LogP contribution in [-0.2, 0) is 6.54 Å². The molecule has 1 heterocycles. The molecule has 2 aromatic carbocycles. The number of benzene rings is 2. The van der Waals surface area contributed by atoms with Gasteiger partial charge in [-0.25, -0.2) is 0 Å². The fourth-order valence-corrected chi connectivity index (χ4v) is 4.94. The molecule has 0 atom stereocenters. The van der Waals surface area contributed by atoms with Crippen LogP contribution in [0.25, 0.3) is 0 Å². The van der Waals surface area contributed by atoms with Gasteiger partial charge in [0.1, 0.15) is 0 Å². The van der Waals surface area contributed by atoms with E-state index in [2.05, 4.69) is 72.2 Å². The zero-order valence-corrected chi connectivity index (χ0v) is 17.0. The van der Waals surface area contributed by atoms with Crippen LogP contribution in [0.4, 0.5) is 5.69 Å². The minimum atomic E-state index is 0.776. The predicted octanol–water partition coefficient (Wildman–Crippen LogP) is 5.61. The van der Waals surface area contributed by atoms with E-state index in [0.29, 0.717) is 0 Å². The van der Waals surface area contributed by atoms with Crippen LogP contribution in [0.2, 0.25) is 0 Å². The van der Waals surface area contributed by atoms with Crippen molar-refractivity contribution in [2.45, 2.75) is 52.0 Å². The lowest BCUT2D eigenvalue weighted by molar-refractivity contribution is 0.158. The van der Waals surface area contributed by atoms with E-state index in [-0.39, 0.29) is 0 Å². The first-order valence-electron chi connectivity index (χ1n) is 10.8. The van der Waals surface area contributed by atoms with Crippen molar-refractivity contribution in [3.05, 3.63) is 65.2 Å². The Morgan fingerprint density at radius 2 is 1.74 bits per heavy atom. The fourth-order valence-electron chi connectivity index (χ4n) is 4.94. The van der Waals surface area contributed by atoms with Crippen molar-refractivity contribution < 1.29 is 0 Å². The van der Waals surface area contributed by atoms with Gasteiger partial charge in [-0.1, -0.05) is 43.3 Å². The molecular weight excluding hydrogens is 328 g/mol. The summed E-state index contributed by atoms with van der Waals surface area (Å²) in [5.41, 5.74) is 5.97. The molecule has 2 aromatic rings. The SMILES string of the molecule is CCN(Cc1ccccc1)CC1CC(c2ccc(N3CCCC3)cc2C)C1. The average molecular weight is 363 g/mol. The predicted molar refractivity (Wildman–Crippen MR) is 115 cm³/mol. The van der Waals surface area contributed by atoms with Gasteiger partial charge in [0.25, 0.3) is 0 Å². The zero-order valence-electron chi connectivity index (χ0n) is 17.0. The van der Waals surface area contributed by atoms with E-state index in [9.17, 15) is 0 Å². The molecule has 27 heavy (non-hydrogen) atoms. The molecule has 0 spiro atoms. The second kappa shape index (κ2) is 8.48. The Kier molecular flexibility index (Phi) is 5.83. The van der Waals surface area contributed by atoms with Gasteiger partial charge in [-0.3, -0.25) is 4.90 Å². The molecule has 1 saturated heterocycles. The number of nitrogens with zero attached hydrogens (tertiary/aromatic N) is 2. The molecule has 0 unspecified atom stereocenters. The van der Waals surface area contributed by atoms with Gasteiger partial charge >= 0.3 is 0 Å². The second-order valence-corrected chi connectivity index (χ2v) is 8.58. The molecule has 1 aliphatic carbocycles. The van der Waals surface area contributed by atoms with Gasteiger partial charge in [-0.2, -0.15) is 0 Å². The molecule has 0 N–H and O–H groups in total. The maximum absolute atomic E-state index is 2.61. The second-order valence-electron chi connectivity index (χ2n) is 8.58. The highest BCUT2D eigenvalue weighted by atomic mass is 15.1. The van der Waals surface area contributed by atoms with Gasteiger partial charge in [-0.15, -0.1) is 0 Å². The summed E-state index contributed by atoms with van der Waals surface area (Å²) in [6.07, 6.45) is 5.41. The number of hydrogen-bond acceptors (Lipinski definition) is 2. The van der Waals surface area contributed by atoms with Crippen LogP contribution < -0.4 is 4.90 Å². The van der Waals surface area contributed by atoms with Crippen LogP contribution in [0.3, 0.4) is 0 Å². The summed E-state index contributed by atoms with van der Waals surface area (Å²) >= 11 is 0. The smallest absolute Gasteiger partial charge is 0.0369 e. The molecule has 144 valence electrons. The molecule has 2 aliphatic rings. The quantitative estimate of drug-likeness (QED) is 0.631. The van der Waals surface area contributed by atoms with E-state index in [4.69, 9.17) is 0 Å². The van der Waals surface area contributed by atoms with E-state index in [1.807, 2.05) is 0 Å². The third kappa shape index (κ3) is 4.38. The van der Waals surface area contributed by atoms with Crippen molar-refractivity contribution in [3.63, 3.8) is 0 Å². The van der Waals surface area contributed by atoms with Gasteiger partial charge in [0.05, 0.1) is 0 Å². The number of aryl methyl sites for hydroxylation is 1. The summed E-state index contributed by atoms with van der Waals surface area (Å²) in [5, 5.41) is 0. The van der Waals surface area contributed by atoms with E-state index < -0.39 is 0 Å². The highest BCUT2D eigenvalue weighted by Crippen LogP contribution is 2.43. The molecule has 1 saturated carbocycles.